The summed E-state index contributed by atoms with van der Waals surface area (Å²) in [4.78, 5) is 16.3. The zero-order valence-electron chi connectivity index (χ0n) is 13.4. The molecule has 2 aromatic carbocycles. The highest BCUT2D eigenvalue weighted by Crippen LogP contribution is 2.12. The summed E-state index contributed by atoms with van der Waals surface area (Å²) < 4.78 is 0. The fraction of sp³-hybridized carbons (Fsp3) is 0.316. The van der Waals surface area contributed by atoms with Gasteiger partial charge in [-0.3, -0.25) is 9.69 Å². The van der Waals surface area contributed by atoms with Crippen LogP contribution in [0, 0.1) is 0 Å². The van der Waals surface area contributed by atoms with Crippen LogP contribution in [-0.4, -0.2) is 30.9 Å². The molecular formula is C19H24N2O. The summed E-state index contributed by atoms with van der Waals surface area (Å²) in [5.41, 5.74) is 2.23. The molecule has 0 heterocycles. The zero-order valence-corrected chi connectivity index (χ0v) is 13.4. The van der Waals surface area contributed by atoms with Gasteiger partial charge in [0.1, 0.15) is 0 Å². The Bertz CT molecular complexity index is 569. The lowest BCUT2D eigenvalue weighted by molar-refractivity contribution is -0.118. The summed E-state index contributed by atoms with van der Waals surface area (Å²) >= 11 is 0. The lowest BCUT2D eigenvalue weighted by atomic mass is 10.2. The van der Waals surface area contributed by atoms with Gasteiger partial charge in [0.2, 0.25) is 5.91 Å². The van der Waals surface area contributed by atoms with E-state index in [1.807, 2.05) is 43.4 Å². The van der Waals surface area contributed by atoms with Gasteiger partial charge in [-0.15, -0.1) is 0 Å². The molecule has 1 amide bonds. The van der Waals surface area contributed by atoms with Crippen LogP contribution in [0.15, 0.2) is 60.7 Å². The van der Waals surface area contributed by atoms with Gasteiger partial charge in [0.15, 0.2) is 0 Å². The maximum absolute atomic E-state index is 12.3. The Balaban J connectivity index is 1.86. The summed E-state index contributed by atoms with van der Waals surface area (Å²) in [6, 6.07) is 20.2. The molecule has 2 rings (SSSR count). The molecule has 0 aliphatic rings. The minimum absolute atomic E-state index is 0.151. The minimum atomic E-state index is 0.151. The fourth-order valence-corrected chi connectivity index (χ4v) is 2.41. The second kappa shape index (κ2) is 8.35. The maximum atomic E-state index is 12.3. The van der Waals surface area contributed by atoms with E-state index in [4.69, 9.17) is 0 Å². The van der Waals surface area contributed by atoms with Crippen molar-refractivity contribution in [2.75, 3.05) is 25.0 Å². The van der Waals surface area contributed by atoms with Crippen molar-refractivity contribution in [3.05, 3.63) is 66.2 Å². The van der Waals surface area contributed by atoms with Crippen LogP contribution >= 0.6 is 0 Å². The summed E-state index contributed by atoms with van der Waals surface area (Å²) in [5.74, 6) is 0.151. The first kappa shape index (κ1) is 16.2. The first-order chi connectivity index (χ1) is 10.7. The highest BCUT2D eigenvalue weighted by atomic mass is 16.2. The Kier molecular flexibility index (Phi) is 6.16. The smallest absolute Gasteiger partial charge is 0.228 e. The number of para-hydroxylation sites is 1. The third-order valence-electron chi connectivity index (χ3n) is 3.86. The molecule has 0 bridgehead atoms. The Morgan fingerprint density at radius 3 is 2.14 bits per heavy atom. The van der Waals surface area contributed by atoms with Gasteiger partial charge in [-0.2, -0.15) is 0 Å². The Morgan fingerprint density at radius 2 is 1.55 bits per heavy atom. The minimum Gasteiger partial charge on any atom is -0.315 e. The first-order valence-electron chi connectivity index (χ1n) is 7.78. The monoisotopic (exact) mass is 296 g/mol. The van der Waals surface area contributed by atoms with Crippen LogP contribution in [0.1, 0.15) is 18.9 Å². The predicted molar refractivity (Wildman–Crippen MR) is 91.9 cm³/mol. The molecule has 22 heavy (non-hydrogen) atoms. The predicted octanol–water partition coefficient (Wildman–Crippen LogP) is 3.56. The second-order valence-corrected chi connectivity index (χ2v) is 5.39. The number of hydrogen-bond acceptors (Lipinski definition) is 2. The Hall–Kier alpha value is -2.13. The van der Waals surface area contributed by atoms with Gasteiger partial charge in [0, 0.05) is 32.2 Å². The molecule has 0 radical (unpaired) electrons. The first-order valence-corrected chi connectivity index (χ1v) is 7.78. The molecule has 0 N–H and O–H groups in total. The average molecular weight is 296 g/mol. The quantitative estimate of drug-likeness (QED) is 0.780. The highest BCUT2D eigenvalue weighted by molar-refractivity contribution is 5.92. The van der Waals surface area contributed by atoms with E-state index in [1.54, 1.807) is 4.90 Å². The molecule has 0 spiro atoms. The summed E-state index contributed by atoms with van der Waals surface area (Å²) in [6.07, 6.45) is 0.534. The lowest BCUT2D eigenvalue weighted by Gasteiger charge is -2.22. The van der Waals surface area contributed by atoms with Crippen LogP contribution < -0.4 is 4.90 Å². The van der Waals surface area contributed by atoms with Gasteiger partial charge in [-0.25, -0.2) is 0 Å². The molecule has 0 aliphatic carbocycles. The van der Waals surface area contributed by atoms with Crippen molar-refractivity contribution in [1.82, 2.24) is 4.90 Å². The van der Waals surface area contributed by atoms with Crippen molar-refractivity contribution in [3.8, 4) is 0 Å². The number of carbonyl (C=O) groups excluding carboxylic acids is 1. The molecule has 3 heteroatoms. The van der Waals surface area contributed by atoms with E-state index in [-0.39, 0.29) is 5.91 Å². The summed E-state index contributed by atoms with van der Waals surface area (Å²) in [6.45, 7) is 4.74. The molecule has 0 atom stereocenters. The molecule has 116 valence electrons. The highest BCUT2D eigenvalue weighted by Gasteiger charge is 2.12. The standard InChI is InChI=1S/C19H24N2O/c1-3-21(16-17-10-6-4-7-11-17)15-14-19(22)20(2)18-12-8-5-9-13-18/h4-13H,3,14-16H2,1-2H3. The molecular weight excluding hydrogens is 272 g/mol. The van der Waals surface area contributed by atoms with Gasteiger partial charge < -0.3 is 4.90 Å². The summed E-state index contributed by atoms with van der Waals surface area (Å²) in [7, 11) is 1.84. The molecule has 2 aromatic rings. The molecule has 0 unspecified atom stereocenters. The number of rotatable bonds is 7. The number of anilines is 1. The van der Waals surface area contributed by atoms with Gasteiger partial charge in [-0.05, 0) is 24.2 Å². The van der Waals surface area contributed by atoms with Crippen molar-refractivity contribution in [2.24, 2.45) is 0 Å². The van der Waals surface area contributed by atoms with Gasteiger partial charge in [-0.1, -0.05) is 55.5 Å². The van der Waals surface area contributed by atoms with Gasteiger partial charge in [0.25, 0.3) is 0 Å². The van der Waals surface area contributed by atoms with Crippen LogP contribution in [0.5, 0.6) is 0 Å². The van der Waals surface area contributed by atoms with Crippen LogP contribution in [-0.2, 0) is 11.3 Å². The third kappa shape index (κ3) is 4.71. The van der Waals surface area contributed by atoms with Crippen molar-refractivity contribution in [1.29, 1.82) is 0 Å². The van der Waals surface area contributed by atoms with E-state index in [0.717, 1.165) is 25.3 Å². The lowest BCUT2D eigenvalue weighted by Crippen LogP contribution is -2.32. The number of benzene rings is 2. The molecule has 0 fully saturated rings. The van der Waals surface area contributed by atoms with Crippen molar-refractivity contribution in [2.45, 2.75) is 19.9 Å². The molecule has 0 saturated carbocycles. The van der Waals surface area contributed by atoms with Gasteiger partial charge in [0.05, 0.1) is 0 Å². The van der Waals surface area contributed by atoms with Gasteiger partial charge >= 0.3 is 0 Å². The summed E-state index contributed by atoms with van der Waals surface area (Å²) in [5, 5.41) is 0. The van der Waals surface area contributed by atoms with E-state index in [9.17, 15) is 4.79 Å². The van der Waals surface area contributed by atoms with E-state index in [1.165, 1.54) is 5.56 Å². The number of carbonyl (C=O) groups is 1. The van der Waals surface area contributed by atoms with Crippen LogP contribution in [0.3, 0.4) is 0 Å². The normalized spacial score (nSPS) is 10.7. The van der Waals surface area contributed by atoms with Crippen LogP contribution in [0.4, 0.5) is 5.69 Å². The molecule has 0 aromatic heterocycles. The zero-order chi connectivity index (χ0) is 15.8. The average Bonchev–Trinajstić information content (AvgIpc) is 2.59. The molecule has 3 nitrogen and oxygen atoms in total. The Morgan fingerprint density at radius 1 is 0.955 bits per heavy atom. The topological polar surface area (TPSA) is 23.6 Å². The van der Waals surface area contributed by atoms with Crippen LogP contribution in [0.25, 0.3) is 0 Å². The Labute approximate surface area is 133 Å². The van der Waals surface area contributed by atoms with Crippen molar-refractivity contribution in [3.63, 3.8) is 0 Å². The van der Waals surface area contributed by atoms with Crippen molar-refractivity contribution >= 4 is 11.6 Å². The van der Waals surface area contributed by atoms with E-state index < -0.39 is 0 Å². The number of hydrogen-bond donors (Lipinski definition) is 0. The third-order valence-corrected chi connectivity index (χ3v) is 3.86. The second-order valence-electron chi connectivity index (χ2n) is 5.39. The van der Waals surface area contributed by atoms with E-state index in [2.05, 4.69) is 36.1 Å². The van der Waals surface area contributed by atoms with E-state index >= 15 is 0 Å². The number of amides is 1. The number of nitrogens with zero attached hydrogens (tertiary/aromatic N) is 2. The van der Waals surface area contributed by atoms with Crippen LogP contribution in [0.2, 0.25) is 0 Å². The van der Waals surface area contributed by atoms with Crippen molar-refractivity contribution < 1.29 is 4.79 Å². The fourth-order valence-electron chi connectivity index (χ4n) is 2.41. The molecule has 0 aliphatic heterocycles. The molecule has 0 saturated heterocycles. The van der Waals surface area contributed by atoms with E-state index in [0.29, 0.717) is 6.42 Å². The largest absolute Gasteiger partial charge is 0.315 e. The SMILES string of the molecule is CCN(CCC(=O)N(C)c1ccccc1)Cc1ccccc1. The maximum Gasteiger partial charge on any atom is 0.228 e.